The van der Waals surface area contributed by atoms with Crippen LogP contribution in [0.3, 0.4) is 0 Å². The molecule has 1 aromatic heterocycles. The van der Waals surface area contributed by atoms with Gasteiger partial charge in [0.15, 0.2) is 0 Å². The van der Waals surface area contributed by atoms with Crippen molar-refractivity contribution in [2.75, 3.05) is 20.6 Å². The molecule has 86 valence electrons. The first kappa shape index (κ1) is 12.6. The third-order valence-electron chi connectivity index (χ3n) is 1.89. The molecular weight excluding hydrogens is 274 g/mol. The molecule has 0 spiro atoms. The third kappa shape index (κ3) is 3.62. The lowest BCUT2D eigenvalue weighted by Crippen LogP contribution is -2.36. The lowest BCUT2D eigenvalue weighted by molar-refractivity contribution is -0.127. The van der Waals surface area contributed by atoms with Crippen LogP contribution in [0.15, 0.2) is 22.9 Å². The standard InChI is InChI=1S/C10H12BrN3O2/c1-14(2)9(15)6-13-10(16)7-3-4-12-8(11)5-7/h3-5H,6H2,1-2H3,(H,13,16). The smallest absolute Gasteiger partial charge is 0.251 e. The summed E-state index contributed by atoms with van der Waals surface area (Å²) < 4.78 is 0.582. The van der Waals surface area contributed by atoms with Crippen LogP contribution in [0.5, 0.6) is 0 Å². The third-order valence-corrected chi connectivity index (χ3v) is 2.32. The van der Waals surface area contributed by atoms with E-state index < -0.39 is 0 Å². The van der Waals surface area contributed by atoms with Crippen LogP contribution in [0.4, 0.5) is 0 Å². The second-order valence-electron chi connectivity index (χ2n) is 3.34. The molecule has 0 atom stereocenters. The highest BCUT2D eigenvalue weighted by Crippen LogP contribution is 2.07. The molecule has 1 N–H and O–H groups in total. The van der Waals surface area contributed by atoms with Gasteiger partial charge in [-0.2, -0.15) is 0 Å². The van der Waals surface area contributed by atoms with Gasteiger partial charge in [0.05, 0.1) is 6.54 Å². The van der Waals surface area contributed by atoms with E-state index in [4.69, 9.17) is 0 Å². The Balaban J connectivity index is 2.57. The Kier molecular flexibility index (Phi) is 4.42. The minimum Gasteiger partial charge on any atom is -0.347 e. The molecule has 0 bridgehead atoms. The summed E-state index contributed by atoms with van der Waals surface area (Å²) in [6.45, 7) is -0.00816. The van der Waals surface area contributed by atoms with Crippen molar-refractivity contribution in [3.63, 3.8) is 0 Å². The zero-order valence-corrected chi connectivity index (χ0v) is 10.6. The zero-order valence-electron chi connectivity index (χ0n) is 9.03. The summed E-state index contributed by atoms with van der Waals surface area (Å²) in [6.07, 6.45) is 1.52. The number of amides is 2. The number of nitrogens with one attached hydrogen (secondary N) is 1. The van der Waals surface area contributed by atoms with Crippen LogP contribution in [0.25, 0.3) is 0 Å². The van der Waals surface area contributed by atoms with E-state index in [1.165, 1.54) is 11.1 Å². The van der Waals surface area contributed by atoms with Crippen LogP contribution in [0.1, 0.15) is 10.4 Å². The molecule has 1 rings (SSSR count). The summed E-state index contributed by atoms with van der Waals surface area (Å²) >= 11 is 3.17. The first-order chi connectivity index (χ1) is 7.50. The Morgan fingerprint density at radius 3 is 2.75 bits per heavy atom. The van der Waals surface area contributed by atoms with Gasteiger partial charge in [0, 0.05) is 25.9 Å². The van der Waals surface area contributed by atoms with Crippen molar-refractivity contribution in [1.29, 1.82) is 0 Å². The highest BCUT2D eigenvalue weighted by Gasteiger charge is 2.09. The molecule has 0 saturated carbocycles. The fraction of sp³-hybridized carbons (Fsp3) is 0.300. The average Bonchev–Trinajstić information content (AvgIpc) is 2.25. The molecule has 6 heteroatoms. The van der Waals surface area contributed by atoms with E-state index in [1.807, 2.05) is 0 Å². The number of carbonyl (C=O) groups excluding carboxylic acids is 2. The van der Waals surface area contributed by atoms with E-state index in [-0.39, 0.29) is 18.4 Å². The van der Waals surface area contributed by atoms with Crippen molar-refractivity contribution in [2.24, 2.45) is 0 Å². The van der Waals surface area contributed by atoms with Gasteiger partial charge >= 0.3 is 0 Å². The molecule has 5 nitrogen and oxygen atoms in total. The van der Waals surface area contributed by atoms with Gasteiger partial charge in [-0.1, -0.05) is 0 Å². The Morgan fingerprint density at radius 2 is 2.19 bits per heavy atom. The number of carbonyl (C=O) groups is 2. The summed E-state index contributed by atoms with van der Waals surface area (Å²) in [5, 5.41) is 2.53. The zero-order chi connectivity index (χ0) is 12.1. The second kappa shape index (κ2) is 5.60. The average molecular weight is 286 g/mol. The van der Waals surface area contributed by atoms with Crippen molar-refractivity contribution >= 4 is 27.7 Å². The molecule has 0 fully saturated rings. The summed E-state index contributed by atoms with van der Waals surface area (Å²) in [5.41, 5.74) is 0.466. The van der Waals surface area contributed by atoms with Gasteiger partial charge in [-0.15, -0.1) is 0 Å². The van der Waals surface area contributed by atoms with E-state index in [1.54, 1.807) is 26.2 Å². The SMILES string of the molecule is CN(C)C(=O)CNC(=O)c1ccnc(Br)c1. The van der Waals surface area contributed by atoms with Crippen LogP contribution >= 0.6 is 15.9 Å². The first-order valence-electron chi connectivity index (χ1n) is 4.60. The highest BCUT2D eigenvalue weighted by atomic mass is 79.9. The van der Waals surface area contributed by atoms with Gasteiger partial charge < -0.3 is 10.2 Å². The molecule has 1 heterocycles. The molecule has 0 radical (unpaired) electrons. The number of pyridine rings is 1. The Hall–Kier alpha value is -1.43. The van der Waals surface area contributed by atoms with Gasteiger partial charge in [0.25, 0.3) is 5.91 Å². The minimum atomic E-state index is -0.293. The second-order valence-corrected chi connectivity index (χ2v) is 4.15. The monoisotopic (exact) mass is 285 g/mol. The van der Waals surface area contributed by atoms with Crippen molar-refractivity contribution in [2.45, 2.75) is 0 Å². The van der Waals surface area contributed by atoms with E-state index in [0.717, 1.165) is 0 Å². The van der Waals surface area contributed by atoms with Crippen molar-refractivity contribution in [1.82, 2.24) is 15.2 Å². The van der Waals surface area contributed by atoms with E-state index in [2.05, 4.69) is 26.2 Å². The number of halogens is 1. The molecule has 0 aliphatic rings. The predicted molar refractivity (Wildman–Crippen MR) is 63.0 cm³/mol. The molecule has 0 aliphatic heterocycles. The molecule has 0 unspecified atom stereocenters. The summed E-state index contributed by atoms with van der Waals surface area (Å²) in [6, 6.07) is 3.18. The van der Waals surface area contributed by atoms with Crippen LogP contribution in [-0.4, -0.2) is 42.3 Å². The summed E-state index contributed by atoms with van der Waals surface area (Å²) in [5.74, 6) is -0.445. The molecule has 0 aromatic carbocycles. The van der Waals surface area contributed by atoms with E-state index >= 15 is 0 Å². The number of aromatic nitrogens is 1. The summed E-state index contributed by atoms with van der Waals surface area (Å²) in [7, 11) is 3.27. The lowest BCUT2D eigenvalue weighted by Gasteiger charge is -2.10. The number of nitrogens with zero attached hydrogens (tertiary/aromatic N) is 2. The molecule has 0 saturated heterocycles. The molecule has 16 heavy (non-hydrogen) atoms. The van der Waals surface area contributed by atoms with Gasteiger partial charge in [0.2, 0.25) is 5.91 Å². The number of likely N-dealkylation sites (N-methyl/N-ethyl adjacent to an activating group) is 1. The van der Waals surface area contributed by atoms with Crippen molar-refractivity contribution in [3.05, 3.63) is 28.5 Å². The largest absolute Gasteiger partial charge is 0.347 e. The topological polar surface area (TPSA) is 62.3 Å². The number of hydrogen-bond donors (Lipinski definition) is 1. The van der Waals surface area contributed by atoms with Crippen molar-refractivity contribution < 1.29 is 9.59 Å². The predicted octanol–water partition coefficient (Wildman–Crippen LogP) is 0.662. The minimum absolute atomic E-state index is 0.00816. The van der Waals surface area contributed by atoms with Crippen LogP contribution in [-0.2, 0) is 4.79 Å². The highest BCUT2D eigenvalue weighted by molar-refractivity contribution is 9.10. The molecule has 2 amide bonds. The summed E-state index contributed by atoms with van der Waals surface area (Å²) in [4.78, 5) is 28.2. The Labute approximate surface area is 102 Å². The van der Waals surface area contributed by atoms with Crippen molar-refractivity contribution in [3.8, 4) is 0 Å². The maximum Gasteiger partial charge on any atom is 0.251 e. The first-order valence-corrected chi connectivity index (χ1v) is 5.40. The Morgan fingerprint density at radius 1 is 1.50 bits per heavy atom. The lowest BCUT2D eigenvalue weighted by atomic mass is 10.2. The fourth-order valence-corrected chi connectivity index (χ4v) is 1.32. The van der Waals surface area contributed by atoms with Crippen LogP contribution in [0, 0.1) is 0 Å². The van der Waals surface area contributed by atoms with Crippen LogP contribution in [0.2, 0.25) is 0 Å². The molecule has 1 aromatic rings. The fourth-order valence-electron chi connectivity index (χ4n) is 0.960. The maximum absolute atomic E-state index is 11.6. The Bertz CT molecular complexity index is 407. The van der Waals surface area contributed by atoms with Crippen LogP contribution < -0.4 is 5.32 Å². The molecule has 0 aliphatic carbocycles. The van der Waals surface area contributed by atoms with Gasteiger partial charge in [0.1, 0.15) is 4.60 Å². The van der Waals surface area contributed by atoms with E-state index in [0.29, 0.717) is 10.2 Å². The number of rotatable bonds is 3. The quantitative estimate of drug-likeness (QED) is 0.830. The maximum atomic E-state index is 11.6. The number of hydrogen-bond acceptors (Lipinski definition) is 3. The normalized spacial score (nSPS) is 9.69. The van der Waals surface area contributed by atoms with Gasteiger partial charge in [-0.25, -0.2) is 4.98 Å². The molecular formula is C10H12BrN3O2. The van der Waals surface area contributed by atoms with Gasteiger partial charge in [-0.3, -0.25) is 9.59 Å². The van der Waals surface area contributed by atoms with E-state index in [9.17, 15) is 9.59 Å². The van der Waals surface area contributed by atoms with Gasteiger partial charge in [-0.05, 0) is 28.1 Å².